The summed E-state index contributed by atoms with van der Waals surface area (Å²) in [5.41, 5.74) is 4.89. The molecule has 1 aromatic heterocycles. The molecule has 9 heteroatoms. The maximum atomic E-state index is 5.00. The van der Waals surface area contributed by atoms with Gasteiger partial charge in [0.05, 0.1) is 42.1 Å². The first-order chi connectivity index (χ1) is 18.0. The molecule has 0 aliphatic carbocycles. The third-order valence-corrected chi connectivity index (χ3v) is 46.0. The van der Waals surface area contributed by atoms with Gasteiger partial charge in [-0.3, -0.25) is 0 Å². The van der Waals surface area contributed by atoms with E-state index in [2.05, 4.69) is 151 Å². The maximum Gasteiger partial charge on any atom is 0.103 e. The summed E-state index contributed by atoms with van der Waals surface area (Å²) < 4.78 is 10.0. The second kappa shape index (κ2) is 10.4. The van der Waals surface area contributed by atoms with E-state index < -0.39 is 30.4 Å². The second-order valence-electron chi connectivity index (χ2n) is 13.5. The lowest BCUT2D eigenvalue weighted by molar-refractivity contribution is 1.13. The summed E-state index contributed by atoms with van der Waals surface area (Å²) in [7, 11) is 1.10. The van der Waals surface area contributed by atoms with Crippen molar-refractivity contribution < 1.29 is 0 Å². The van der Waals surface area contributed by atoms with Crippen LogP contribution in [0.4, 0.5) is 11.4 Å². The average Bonchev–Trinajstić information content (AvgIpc) is 3.37. The fourth-order valence-corrected chi connectivity index (χ4v) is 24.3. The molecule has 208 valence electrons. The van der Waals surface area contributed by atoms with E-state index in [1.807, 2.05) is 0 Å². The average molecular weight is 607 g/mol. The van der Waals surface area contributed by atoms with Crippen LogP contribution >= 0.6 is 11.7 Å². The molecule has 3 aromatic carbocycles. The fraction of sp³-hybridized carbons (Fsp3) is 0.400. The monoisotopic (exact) mass is 606 g/mol. The van der Waals surface area contributed by atoms with Crippen LogP contribution < -0.4 is 30.5 Å². The van der Waals surface area contributed by atoms with Crippen LogP contribution in [0.5, 0.6) is 0 Å². The topological polar surface area (TPSA) is 32.3 Å². The predicted molar refractivity (Wildman–Crippen MR) is 187 cm³/mol. The van der Waals surface area contributed by atoms with Gasteiger partial charge in [-0.25, -0.2) is 0 Å². The molecule has 39 heavy (non-hydrogen) atoms. The summed E-state index contributed by atoms with van der Waals surface area (Å²) in [5, 5.41) is 6.05. The molecular weight excluding hydrogens is 561 g/mol. The van der Waals surface area contributed by atoms with E-state index in [-0.39, 0.29) is 0 Å². The van der Waals surface area contributed by atoms with Gasteiger partial charge in [-0.05, 0) is 34.6 Å². The molecule has 0 bridgehead atoms. The zero-order chi connectivity index (χ0) is 29.0. The molecule has 0 saturated carbocycles. The van der Waals surface area contributed by atoms with Crippen LogP contribution in [-0.2, 0) is 0 Å². The van der Waals surface area contributed by atoms with Gasteiger partial charge in [0.25, 0.3) is 0 Å². The molecule has 0 saturated heterocycles. The lowest BCUT2D eigenvalue weighted by Crippen LogP contribution is -2.70. The van der Waals surface area contributed by atoms with Gasteiger partial charge in [-0.1, -0.05) is 99.1 Å². The Bertz CT molecular complexity index is 1350. The number of nitrogens with zero attached hydrogens (tertiary/aromatic N) is 4. The minimum Gasteiger partial charge on any atom is -0.378 e. The molecule has 0 spiro atoms. The van der Waals surface area contributed by atoms with E-state index >= 15 is 0 Å². The molecule has 0 unspecified atom stereocenters. The summed E-state index contributed by atoms with van der Waals surface area (Å²) in [4.78, 5) is 4.36. The molecule has 0 fully saturated rings. The van der Waals surface area contributed by atoms with E-state index in [0.717, 1.165) is 0 Å². The number of rotatable bonds is 8. The van der Waals surface area contributed by atoms with Crippen molar-refractivity contribution >= 4 is 85.2 Å². The summed E-state index contributed by atoms with van der Waals surface area (Å²) in [5.74, 6) is 0. The zero-order valence-electron chi connectivity index (χ0n) is 26.0. The van der Waals surface area contributed by atoms with Crippen molar-refractivity contribution in [2.24, 2.45) is 0 Å². The molecule has 1 heterocycles. The third kappa shape index (κ3) is 5.01. The Morgan fingerprint density at radius 3 is 1.05 bits per heavy atom. The van der Waals surface area contributed by atoms with Crippen molar-refractivity contribution in [3.63, 3.8) is 0 Å². The van der Waals surface area contributed by atoms with Gasteiger partial charge >= 0.3 is 0 Å². The molecular formula is C30H46N4SSi4. The largest absolute Gasteiger partial charge is 0.378 e. The van der Waals surface area contributed by atoms with Gasteiger partial charge in [0.15, 0.2) is 0 Å². The van der Waals surface area contributed by atoms with Crippen LogP contribution in [0, 0.1) is 0 Å². The van der Waals surface area contributed by atoms with Crippen LogP contribution in [0.3, 0.4) is 0 Å². The first kappa shape index (κ1) is 29.9. The molecule has 0 atom stereocenters. The van der Waals surface area contributed by atoms with Crippen LogP contribution in [0.1, 0.15) is 0 Å². The SMILES string of the molecule is CN(C)c1ccc([Si](C)(C)[Si](C)(C)c2ccc([Si](C)(C)[Si](C)(C)c3ccc(N(C)C)cc3)c3nsnc23)cc1. The van der Waals surface area contributed by atoms with E-state index in [4.69, 9.17) is 8.75 Å². The van der Waals surface area contributed by atoms with Crippen molar-refractivity contribution in [2.45, 2.75) is 52.4 Å². The molecule has 0 aliphatic rings. The van der Waals surface area contributed by atoms with Crippen LogP contribution in [0.25, 0.3) is 11.0 Å². The second-order valence-corrected chi connectivity index (χ2v) is 44.3. The molecule has 0 radical (unpaired) electrons. The van der Waals surface area contributed by atoms with Gasteiger partial charge < -0.3 is 9.80 Å². The van der Waals surface area contributed by atoms with Gasteiger partial charge in [0.2, 0.25) is 0 Å². The number of anilines is 2. The highest BCUT2D eigenvalue weighted by Gasteiger charge is 2.48. The van der Waals surface area contributed by atoms with Gasteiger partial charge in [-0.2, -0.15) is 8.75 Å². The minimum absolute atomic E-state index is 1.19. The first-order valence-electron chi connectivity index (χ1n) is 13.9. The van der Waals surface area contributed by atoms with Crippen molar-refractivity contribution in [1.29, 1.82) is 0 Å². The zero-order valence-corrected chi connectivity index (χ0v) is 30.8. The quantitative estimate of drug-likeness (QED) is 0.263. The lowest BCUT2D eigenvalue weighted by atomic mass is 10.3. The smallest absolute Gasteiger partial charge is 0.103 e. The molecule has 0 N–H and O–H groups in total. The Labute approximate surface area is 244 Å². The van der Waals surface area contributed by atoms with E-state index in [9.17, 15) is 0 Å². The van der Waals surface area contributed by atoms with Crippen molar-refractivity contribution in [1.82, 2.24) is 8.75 Å². The van der Waals surface area contributed by atoms with Gasteiger partial charge in [-0.15, -0.1) is 0 Å². The van der Waals surface area contributed by atoms with E-state index in [1.165, 1.54) is 54.9 Å². The Morgan fingerprint density at radius 2 is 0.769 bits per heavy atom. The summed E-state index contributed by atoms with van der Waals surface area (Å²) >= 11 is 1.40. The van der Waals surface area contributed by atoms with Crippen molar-refractivity contribution in [3.05, 3.63) is 60.7 Å². The van der Waals surface area contributed by atoms with Gasteiger partial charge in [0, 0.05) is 39.6 Å². The highest BCUT2D eigenvalue weighted by Crippen LogP contribution is 2.27. The standard InChI is InChI=1S/C30H46N4SSi4/c1-33(2)23-13-17-25(18-14-23)36(5,6)38(9,10)27-21-22-28(30-29(27)31-35-32-30)39(11,12)37(7,8)26-19-15-24(16-20-26)34(3)4/h13-22H,1-12H3. The number of hydrogen-bond acceptors (Lipinski definition) is 5. The number of benzene rings is 3. The number of fused-ring (bicyclic) bond motifs is 1. The third-order valence-electron chi connectivity index (χ3n) is 10.1. The molecule has 0 aliphatic heterocycles. The Hall–Kier alpha value is -2.05. The Balaban J connectivity index is 1.78. The molecule has 0 amide bonds. The van der Waals surface area contributed by atoms with E-state index in [0.29, 0.717) is 0 Å². The summed E-state index contributed by atoms with van der Waals surface area (Å²) in [6.07, 6.45) is 0. The highest BCUT2D eigenvalue weighted by molar-refractivity contribution is 7.51. The van der Waals surface area contributed by atoms with E-state index in [1.54, 1.807) is 0 Å². The first-order valence-corrected chi connectivity index (χ1v) is 28.6. The molecule has 4 aromatic rings. The summed E-state index contributed by atoms with van der Waals surface area (Å²) in [6.45, 7) is 20.5. The molecule has 4 nitrogen and oxygen atoms in total. The van der Waals surface area contributed by atoms with Crippen LogP contribution in [-0.4, -0.2) is 67.3 Å². The lowest BCUT2D eigenvalue weighted by Gasteiger charge is -2.41. The van der Waals surface area contributed by atoms with Crippen LogP contribution in [0.15, 0.2) is 60.7 Å². The fourth-order valence-electron chi connectivity index (χ4n) is 5.62. The maximum absolute atomic E-state index is 5.00. The number of aromatic nitrogens is 2. The minimum atomic E-state index is -1.88. The Kier molecular flexibility index (Phi) is 7.98. The normalized spacial score (nSPS) is 13.1. The number of hydrogen-bond donors (Lipinski definition) is 0. The van der Waals surface area contributed by atoms with Gasteiger partial charge in [0.1, 0.15) is 11.0 Å². The molecule has 4 rings (SSSR count). The van der Waals surface area contributed by atoms with Crippen molar-refractivity contribution in [3.8, 4) is 0 Å². The predicted octanol–water partition coefficient (Wildman–Crippen LogP) is 5.04. The van der Waals surface area contributed by atoms with Crippen LogP contribution in [0.2, 0.25) is 52.4 Å². The highest BCUT2D eigenvalue weighted by atomic mass is 32.1. The summed E-state index contributed by atoms with van der Waals surface area (Å²) in [6, 6.07) is 23.6. The Morgan fingerprint density at radius 1 is 0.462 bits per heavy atom. The van der Waals surface area contributed by atoms with Crippen molar-refractivity contribution in [2.75, 3.05) is 38.0 Å².